The predicted molar refractivity (Wildman–Crippen MR) is 93.3 cm³/mol. The summed E-state index contributed by atoms with van der Waals surface area (Å²) in [7, 11) is 1.86. The van der Waals surface area contributed by atoms with Crippen molar-refractivity contribution in [3.63, 3.8) is 0 Å². The van der Waals surface area contributed by atoms with Crippen LogP contribution in [-0.4, -0.2) is 17.3 Å². The smallest absolute Gasteiger partial charge is 0.233 e. The van der Waals surface area contributed by atoms with Gasteiger partial charge < -0.3 is 4.90 Å². The number of nitrogens with zero attached hydrogens (tertiary/aromatic N) is 2. The van der Waals surface area contributed by atoms with E-state index in [1.165, 1.54) is 19.3 Å². The van der Waals surface area contributed by atoms with Crippen molar-refractivity contribution in [2.75, 3.05) is 11.9 Å². The fourth-order valence-corrected chi connectivity index (χ4v) is 7.11. The van der Waals surface area contributed by atoms with Crippen LogP contribution in [0.5, 0.6) is 0 Å². The summed E-state index contributed by atoms with van der Waals surface area (Å²) in [4.78, 5) is 15.1. The van der Waals surface area contributed by atoms with E-state index < -0.39 is 0 Å². The fourth-order valence-electron chi connectivity index (χ4n) is 5.66. The molecule has 0 radical (unpaired) electrons. The predicted octanol–water partition coefficient (Wildman–Crippen LogP) is 4.25. The minimum atomic E-state index is -0.203. The van der Waals surface area contributed by atoms with E-state index in [9.17, 15) is 4.79 Å². The largest absolute Gasteiger partial charge is 0.315 e. The Labute approximate surface area is 145 Å². The van der Waals surface area contributed by atoms with E-state index in [4.69, 9.17) is 5.26 Å². The van der Waals surface area contributed by atoms with Gasteiger partial charge in [0.05, 0.1) is 17.0 Å². The van der Waals surface area contributed by atoms with Gasteiger partial charge in [-0.2, -0.15) is 5.26 Å². The molecule has 1 aromatic rings. The number of hydrogen-bond acceptors (Lipinski definition) is 2. The topological polar surface area (TPSA) is 44.1 Å². The maximum atomic E-state index is 13.4. The Bertz CT molecular complexity index is 694. The summed E-state index contributed by atoms with van der Waals surface area (Å²) in [6, 6.07) is 9.51. The van der Waals surface area contributed by atoms with E-state index >= 15 is 0 Å². The summed E-state index contributed by atoms with van der Waals surface area (Å²) in [5, 5.41) is 9.09. The lowest BCUT2D eigenvalue weighted by Gasteiger charge is -2.59. The van der Waals surface area contributed by atoms with Crippen molar-refractivity contribution in [2.45, 2.75) is 42.8 Å². The molecule has 1 amide bonds. The second kappa shape index (κ2) is 5.08. The second-order valence-electron chi connectivity index (χ2n) is 7.92. The lowest BCUT2D eigenvalue weighted by atomic mass is 9.49. The SMILES string of the molecule is CN(C(=O)C12CC3CC(CC(Br)(C3)C1)C2)c1cccc(C#N)c1. The molecule has 120 valence electrons. The molecule has 1 aromatic carbocycles. The van der Waals surface area contributed by atoms with Crippen LogP contribution in [-0.2, 0) is 4.79 Å². The molecular weight excluding hydrogens is 352 g/mol. The number of alkyl halides is 1. The summed E-state index contributed by atoms with van der Waals surface area (Å²) < 4.78 is 0.183. The van der Waals surface area contributed by atoms with Crippen LogP contribution in [0.4, 0.5) is 5.69 Å². The fraction of sp³-hybridized carbons (Fsp3) is 0.579. The number of benzene rings is 1. The molecule has 5 rings (SSSR count). The monoisotopic (exact) mass is 372 g/mol. The van der Waals surface area contributed by atoms with Gasteiger partial charge >= 0.3 is 0 Å². The van der Waals surface area contributed by atoms with Crippen LogP contribution in [0.25, 0.3) is 0 Å². The highest BCUT2D eigenvalue weighted by Gasteiger charge is 2.60. The van der Waals surface area contributed by atoms with E-state index in [1.807, 2.05) is 25.2 Å². The standard InChI is InChI=1S/C19H21BrN2O/c1-22(16-4-2-3-13(6-16)11-21)17(23)18-7-14-5-15(8-18)10-19(20,9-14)12-18/h2-4,6,14-15H,5,7-10,12H2,1H3. The number of halogens is 1. The molecule has 0 aromatic heterocycles. The number of carbonyl (C=O) groups is 1. The van der Waals surface area contributed by atoms with Crippen LogP contribution >= 0.6 is 15.9 Å². The molecule has 0 saturated heterocycles. The summed E-state index contributed by atoms with van der Waals surface area (Å²) >= 11 is 3.98. The number of rotatable bonds is 2. The summed E-state index contributed by atoms with van der Waals surface area (Å²) in [6.07, 6.45) is 6.80. The average Bonchev–Trinajstić information content (AvgIpc) is 2.51. The zero-order chi connectivity index (χ0) is 16.2. The van der Waals surface area contributed by atoms with Crippen LogP contribution in [0.1, 0.15) is 44.1 Å². The molecule has 2 atom stereocenters. The molecule has 2 unspecified atom stereocenters. The number of hydrogen-bond donors (Lipinski definition) is 0. The molecule has 4 heteroatoms. The second-order valence-corrected chi connectivity index (χ2v) is 9.60. The average molecular weight is 373 g/mol. The van der Waals surface area contributed by atoms with Gasteiger partial charge in [-0.3, -0.25) is 4.79 Å². The molecular formula is C19H21BrN2O. The van der Waals surface area contributed by atoms with Gasteiger partial charge in [0.1, 0.15) is 0 Å². The van der Waals surface area contributed by atoms with E-state index in [0.29, 0.717) is 17.4 Å². The highest BCUT2D eigenvalue weighted by atomic mass is 79.9. The Morgan fingerprint density at radius 2 is 2.00 bits per heavy atom. The van der Waals surface area contributed by atoms with Crippen LogP contribution < -0.4 is 4.90 Å². The van der Waals surface area contributed by atoms with Gasteiger partial charge in [0.2, 0.25) is 5.91 Å². The van der Waals surface area contributed by atoms with E-state index in [2.05, 4.69) is 22.0 Å². The van der Waals surface area contributed by atoms with Crippen molar-refractivity contribution < 1.29 is 4.79 Å². The Kier molecular flexibility index (Phi) is 3.36. The summed E-state index contributed by atoms with van der Waals surface area (Å²) in [6.45, 7) is 0. The molecule has 4 saturated carbocycles. The first-order valence-corrected chi connectivity index (χ1v) is 9.20. The molecule has 4 aliphatic carbocycles. The van der Waals surface area contributed by atoms with Crippen molar-refractivity contribution in [1.29, 1.82) is 5.26 Å². The summed E-state index contributed by atoms with van der Waals surface area (Å²) in [5.41, 5.74) is 1.23. The minimum Gasteiger partial charge on any atom is -0.315 e. The molecule has 23 heavy (non-hydrogen) atoms. The van der Waals surface area contributed by atoms with Crippen LogP contribution in [0.15, 0.2) is 24.3 Å². The van der Waals surface area contributed by atoms with Crippen molar-refractivity contribution in [2.24, 2.45) is 17.3 Å². The first-order chi connectivity index (χ1) is 10.9. The molecule has 0 spiro atoms. The highest BCUT2D eigenvalue weighted by molar-refractivity contribution is 9.10. The lowest BCUT2D eigenvalue weighted by Crippen LogP contribution is -2.58. The van der Waals surface area contributed by atoms with Crippen molar-refractivity contribution in [3.05, 3.63) is 29.8 Å². The van der Waals surface area contributed by atoms with Gasteiger partial charge in [-0.05, 0) is 68.6 Å². The third-order valence-corrected chi connectivity index (χ3v) is 7.04. The maximum Gasteiger partial charge on any atom is 0.233 e. The number of nitriles is 1. The van der Waals surface area contributed by atoms with Gasteiger partial charge in [-0.25, -0.2) is 0 Å². The maximum absolute atomic E-state index is 13.4. The van der Waals surface area contributed by atoms with Crippen molar-refractivity contribution in [3.8, 4) is 6.07 Å². The van der Waals surface area contributed by atoms with Gasteiger partial charge in [0, 0.05) is 17.1 Å². The van der Waals surface area contributed by atoms with Gasteiger partial charge in [0.25, 0.3) is 0 Å². The number of carbonyl (C=O) groups excluding carboxylic acids is 1. The molecule has 4 aliphatic rings. The van der Waals surface area contributed by atoms with Gasteiger partial charge in [-0.15, -0.1) is 0 Å². The van der Waals surface area contributed by atoms with Crippen molar-refractivity contribution in [1.82, 2.24) is 0 Å². The van der Waals surface area contributed by atoms with Gasteiger partial charge in [-0.1, -0.05) is 22.0 Å². The normalized spacial score (nSPS) is 37.4. The molecule has 0 heterocycles. The Hall–Kier alpha value is -1.34. The van der Waals surface area contributed by atoms with Crippen LogP contribution in [0.2, 0.25) is 0 Å². The minimum absolute atomic E-state index is 0.183. The molecule has 3 nitrogen and oxygen atoms in total. The first kappa shape index (κ1) is 15.2. The Morgan fingerprint density at radius 1 is 1.30 bits per heavy atom. The quantitative estimate of drug-likeness (QED) is 0.728. The first-order valence-electron chi connectivity index (χ1n) is 8.40. The number of amides is 1. The Balaban J connectivity index is 1.65. The zero-order valence-electron chi connectivity index (χ0n) is 13.4. The molecule has 0 aliphatic heterocycles. The zero-order valence-corrected chi connectivity index (χ0v) is 15.0. The molecule has 0 N–H and O–H groups in total. The van der Waals surface area contributed by atoms with Gasteiger partial charge in [0.15, 0.2) is 0 Å². The Morgan fingerprint density at radius 3 is 2.61 bits per heavy atom. The summed E-state index contributed by atoms with van der Waals surface area (Å²) in [5.74, 6) is 1.63. The van der Waals surface area contributed by atoms with E-state index in [0.717, 1.165) is 24.9 Å². The molecule has 4 fully saturated rings. The lowest BCUT2D eigenvalue weighted by molar-refractivity contribution is -0.140. The highest BCUT2D eigenvalue weighted by Crippen LogP contribution is 2.64. The van der Waals surface area contributed by atoms with Crippen LogP contribution in [0.3, 0.4) is 0 Å². The van der Waals surface area contributed by atoms with E-state index in [-0.39, 0.29) is 15.6 Å². The third kappa shape index (κ3) is 2.41. The third-order valence-electron chi connectivity index (χ3n) is 6.11. The van der Waals surface area contributed by atoms with E-state index in [1.54, 1.807) is 11.0 Å². The van der Waals surface area contributed by atoms with Crippen LogP contribution in [0, 0.1) is 28.6 Å². The van der Waals surface area contributed by atoms with Crippen molar-refractivity contribution >= 4 is 27.5 Å². The number of anilines is 1. The molecule has 4 bridgehead atoms.